The van der Waals surface area contributed by atoms with Crippen molar-refractivity contribution in [2.45, 2.75) is 27.1 Å². The molecule has 0 aliphatic heterocycles. The fourth-order valence-corrected chi connectivity index (χ4v) is 4.21. The number of para-hydroxylation sites is 1. The minimum absolute atomic E-state index is 0.194. The molecule has 6 nitrogen and oxygen atoms in total. The number of phenolic OH excluding ortho intramolecular Hbond substituents is 1. The molecule has 2 N–H and O–H groups in total. The van der Waals surface area contributed by atoms with Gasteiger partial charge in [0.1, 0.15) is 30.5 Å². The monoisotopic (exact) mass is 502 g/mol. The molecule has 0 spiro atoms. The number of ether oxygens (including phenoxy) is 2. The van der Waals surface area contributed by atoms with Crippen LogP contribution in [-0.2, 0) is 13.2 Å². The third kappa shape index (κ3) is 5.44. The van der Waals surface area contributed by atoms with Crippen LogP contribution < -0.4 is 14.8 Å². The van der Waals surface area contributed by atoms with Gasteiger partial charge in [0.05, 0.1) is 16.3 Å². The minimum atomic E-state index is 0.194. The number of aryl methyl sites for hydroxylation is 1. The summed E-state index contributed by atoms with van der Waals surface area (Å²) in [7, 11) is 1.77. The van der Waals surface area contributed by atoms with E-state index in [0.29, 0.717) is 34.1 Å². The number of nitrogens with zero attached hydrogens (tertiary/aromatic N) is 1. The molecular formula is C29H27ClN2O4. The number of anilines is 1. The molecule has 3 aromatic carbocycles. The van der Waals surface area contributed by atoms with Crippen LogP contribution in [0.4, 0.5) is 5.69 Å². The summed E-state index contributed by atoms with van der Waals surface area (Å²) in [5.74, 6) is 0.980. The first-order valence-corrected chi connectivity index (χ1v) is 11.8. The number of aromatic hydroxyl groups is 1. The smallest absolute Gasteiger partial charge is 0.153 e. The van der Waals surface area contributed by atoms with Gasteiger partial charge in [0, 0.05) is 36.6 Å². The Balaban J connectivity index is 1.56. The Hall–Kier alpha value is -4.03. The summed E-state index contributed by atoms with van der Waals surface area (Å²) in [5, 5.41) is 14.0. The van der Waals surface area contributed by atoms with Gasteiger partial charge in [-0.3, -0.25) is 9.78 Å². The number of aromatic nitrogens is 1. The Kier molecular flexibility index (Phi) is 7.76. The molecule has 1 aromatic heterocycles. The Morgan fingerprint density at radius 2 is 1.72 bits per heavy atom. The van der Waals surface area contributed by atoms with E-state index in [-0.39, 0.29) is 19.0 Å². The Morgan fingerprint density at radius 3 is 2.47 bits per heavy atom. The summed E-state index contributed by atoms with van der Waals surface area (Å²) in [6, 6.07) is 16.6. The lowest BCUT2D eigenvalue weighted by molar-refractivity contribution is 0.111. The van der Waals surface area contributed by atoms with E-state index in [1.165, 1.54) is 6.07 Å². The van der Waals surface area contributed by atoms with Gasteiger partial charge in [0.25, 0.3) is 0 Å². The number of benzene rings is 3. The first-order valence-electron chi connectivity index (χ1n) is 11.4. The van der Waals surface area contributed by atoms with E-state index in [1.807, 2.05) is 56.3 Å². The third-order valence-corrected chi connectivity index (χ3v) is 6.24. The van der Waals surface area contributed by atoms with Crippen molar-refractivity contribution in [1.82, 2.24) is 4.98 Å². The molecule has 0 unspecified atom stereocenters. The molecule has 0 saturated heterocycles. The van der Waals surface area contributed by atoms with Crippen molar-refractivity contribution < 1.29 is 19.4 Å². The quantitative estimate of drug-likeness (QED) is 0.195. The van der Waals surface area contributed by atoms with E-state index in [4.69, 9.17) is 21.1 Å². The standard InChI is InChI=1S/C29H27ClN2O4/c1-18-10-20(14-32-13-18)16-35-27-12-28(25(30)11-22(27)15-33)36-17-21-6-4-7-23(19(21)2)24-8-5-9-26(31-3)29(24)34/h4-15,31,34H,16-17H2,1-3H3. The second-order valence-electron chi connectivity index (χ2n) is 8.43. The van der Waals surface area contributed by atoms with Gasteiger partial charge in [0.2, 0.25) is 0 Å². The summed E-state index contributed by atoms with van der Waals surface area (Å²) < 4.78 is 12.0. The van der Waals surface area contributed by atoms with E-state index in [2.05, 4.69) is 10.3 Å². The number of halogens is 1. The van der Waals surface area contributed by atoms with Gasteiger partial charge < -0.3 is 19.9 Å². The molecule has 0 aliphatic carbocycles. The fraction of sp³-hybridized carbons (Fsp3) is 0.172. The zero-order valence-electron chi connectivity index (χ0n) is 20.3. The predicted octanol–water partition coefficient (Wildman–Crippen LogP) is 6.74. The molecule has 0 saturated carbocycles. The maximum atomic E-state index is 11.6. The van der Waals surface area contributed by atoms with Crippen molar-refractivity contribution in [2.75, 3.05) is 12.4 Å². The Bertz CT molecular complexity index is 1400. The molecule has 0 amide bonds. The highest BCUT2D eigenvalue weighted by Crippen LogP contribution is 2.38. The van der Waals surface area contributed by atoms with Crippen LogP contribution in [0, 0.1) is 13.8 Å². The average molecular weight is 503 g/mol. The van der Waals surface area contributed by atoms with E-state index >= 15 is 0 Å². The van der Waals surface area contributed by atoms with E-state index < -0.39 is 0 Å². The molecule has 4 aromatic rings. The predicted molar refractivity (Wildman–Crippen MR) is 142 cm³/mol. The number of aldehydes is 1. The SMILES string of the molecule is CNc1cccc(-c2cccc(COc3cc(OCc4cncc(C)c4)c(C=O)cc3Cl)c2C)c1O. The maximum Gasteiger partial charge on any atom is 0.153 e. The van der Waals surface area contributed by atoms with Gasteiger partial charge in [0.15, 0.2) is 6.29 Å². The summed E-state index contributed by atoms with van der Waals surface area (Å²) >= 11 is 6.42. The zero-order chi connectivity index (χ0) is 25.7. The lowest BCUT2D eigenvalue weighted by Gasteiger charge is -2.16. The molecule has 184 valence electrons. The van der Waals surface area contributed by atoms with Gasteiger partial charge in [-0.2, -0.15) is 0 Å². The van der Waals surface area contributed by atoms with Crippen molar-refractivity contribution in [2.24, 2.45) is 0 Å². The summed E-state index contributed by atoms with van der Waals surface area (Å²) in [6.45, 7) is 4.44. The molecule has 0 radical (unpaired) electrons. The van der Waals surface area contributed by atoms with Crippen molar-refractivity contribution in [3.63, 3.8) is 0 Å². The first kappa shape index (κ1) is 25.1. The minimum Gasteiger partial charge on any atom is -0.505 e. The number of pyridine rings is 1. The molecule has 4 rings (SSSR count). The van der Waals surface area contributed by atoms with E-state index in [1.54, 1.807) is 25.5 Å². The van der Waals surface area contributed by atoms with Crippen LogP contribution in [0.2, 0.25) is 5.02 Å². The number of rotatable bonds is 9. The molecule has 0 atom stereocenters. The second kappa shape index (κ2) is 11.1. The van der Waals surface area contributed by atoms with E-state index in [9.17, 15) is 9.90 Å². The largest absolute Gasteiger partial charge is 0.505 e. The summed E-state index contributed by atoms with van der Waals surface area (Å²) in [6.07, 6.45) is 4.20. The van der Waals surface area contributed by atoms with Gasteiger partial charge in [-0.1, -0.05) is 41.9 Å². The lowest BCUT2D eigenvalue weighted by atomic mass is 9.95. The zero-order valence-corrected chi connectivity index (χ0v) is 21.1. The van der Waals surface area contributed by atoms with Crippen molar-refractivity contribution in [3.05, 3.63) is 99.8 Å². The maximum absolute atomic E-state index is 11.6. The second-order valence-corrected chi connectivity index (χ2v) is 8.83. The molecular weight excluding hydrogens is 476 g/mol. The van der Waals surface area contributed by atoms with Gasteiger partial charge in [-0.15, -0.1) is 0 Å². The molecule has 1 heterocycles. The third-order valence-electron chi connectivity index (χ3n) is 5.94. The molecule has 7 heteroatoms. The van der Waals surface area contributed by atoms with Gasteiger partial charge >= 0.3 is 0 Å². The normalized spacial score (nSPS) is 10.7. The number of nitrogens with one attached hydrogen (secondary N) is 1. The van der Waals surface area contributed by atoms with Crippen LogP contribution in [0.1, 0.15) is 32.6 Å². The molecule has 0 fully saturated rings. The van der Waals surface area contributed by atoms with Crippen LogP contribution in [-0.4, -0.2) is 23.4 Å². The van der Waals surface area contributed by atoms with Crippen LogP contribution >= 0.6 is 11.6 Å². The Labute approximate surface area is 215 Å². The molecule has 36 heavy (non-hydrogen) atoms. The number of carbonyl (C=O) groups excluding carboxylic acids is 1. The number of phenols is 1. The van der Waals surface area contributed by atoms with Gasteiger partial charge in [-0.25, -0.2) is 0 Å². The molecule has 0 bridgehead atoms. The average Bonchev–Trinajstić information content (AvgIpc) is 2.88. The van der Waals surface area contributed by atoms with Gasteiger partial charge in [-0.05, 0) is 54.3 Å². The first-order chi connectivity index (χ1) is 17.4. The van der Waals surface area contributed by atoms with Crippen LogP contribution in [0.25, 0.3) is 11.1 Å². The number of carbonyl (C=O) groups is 1. The van der Waals surface area contributed by atoms with Crippen LogP contribution in [0.15, 0.2) is 67.0 Å². The van der Waals surface area contributed by atoms with E-state index in [0.717, 1.165) is 33.4 Å². The van der Waals surface area contributed by atoms with Crippen LogP contribution in [0.5, 0.6) is 17.2 Å². The van der Waals surface area contributed by atoms with Crippen LogP contribution in [0.3, 0.4) is 0 Å². The lowest BCUT2D eigenvalue weighted by Crippen LogP contribution is -2.03. The number of hydrogen-bond acceptors (Lipinski definition) is 6. The highest BCUT2D eigenvalue weighted by atomic mass is 35.5. The van der Waals surface area contributed by atoms with Crippen molar-refractivity contribution in [1.29, 1.82) is 0 Å². The fourth-order valence-electron chi connectivity index (χ4n) is 3.99. The van der Waals surface area contributed by atoms with Crippen molar-refractivity contribution >= 4 is 23.6 Å². The highest BCUT2D eigenvalue weighted by Gasteiger charge is 2.15. The summed E-state index contributed by atoms with van der Waals surface area (Å²) in [5.41, 5.74) is 6.46. The number of hydrogen-bond donors (Lipinski definition) is 2. The summed E-state index contributed by atoms with van der Waals surface area (Å²) in [4.78, 5) is 15.8. The van der Waals surface area contributed by atoms with Crippen molar-refractivity contribution in [3.8, 4) is 28.4 Å². The highest BCUT2D eigenvalue weighted by molar-refractivity contribution is 6.32. The topological polar surface area (TPSA) is 80.7 Å². The Morgan fingerprint density at radius 1 is 0.972 bits per heavy atom. The molecule has 0 aliphatic rings.